The van der Waals surface area contributed by atoms with Crippen molar-refractivity contribution in [2.75, 3.05) is 0 Å². The molecule has 3 aromatic carbocycles. The molecule has 0 bridgehead atoms. The first-order valence-electron chi connectivity index (χ1n) is 8.19. The highest BCUT2D eigenvalue weighted by Gasteiger charge is 2.11. The molecule has 1 heterocycles. The van der Waals surface area contributed by atoms with Crippen LogP contribution in [0.5, 0.6) is 0 Å². The topological polar surface area (TPSA) is 46.0 Å². The van der Waals surface area contributed by atoms with Gasteiger partial charge in [0.1, 0.15) is 5.76 Å². The number of nitrogens with zero attached hydrogens (tertiary/aromatic N) is 2. The zero-order chi connectivity index (χ0) is 17.9. The molecule has 1 N–H and O–H groups in total. The summed E-state index contributed by atoms with van der Waals surface area (Å²) < 4.78 is 0. The Hall–Kier alpha value is -3.17. The quantitative estimate of drug-likeness (QED) is 0.456. The third-order valence-electron chi connectivity index (χ3n) is 4.06. The molecule has 0 radical (unpaired) electrons. The summed E-state index contributed by atoms with van der Waals surface area (Å²) in [5.74, 6) is 0.144. The highest BCUT2D eigenvalue weighted by molar-refractivity contribution is 6.30. The minimum Gasteiger partial charge on any atom is -0.507 e. The maximum Gasteiger partial charge on any atom is 0.125 e. The van der Waals surface area contributed by atoms with Gasteiger partial charge >= 0.3 is 0 Å². The summed E-state index contributed by atoms with van der Waals surface area (Å²) in [4.78, 5) is 9.47. The predicted octanol–water partition coefficient (Wildman–Crippen LogP) is 6.01. The van der Waals surface area contributed by atoms with Gasteiger partial charge in [-0.1, -0.05) is 66.2 Å². The van der Waals surface area contributed by atoms with Crippen molar-refractivity contribution in [3.63, 3.8) is 0 Å². The van der Waals surface area contributed by atoms with Gasteiger partial charge in [0.05, 0.1) is 22.4 Å². The van der Waals surface area contributed by atoms with Gasteiger partial charge in [0.2, 0.25) is 0 Å². The summed E-state index contributed by atoms with van der Waals surface area (Å²) >= 11 is 6.01. The zero-order valence-electron chi connectivity index (χ0n) is 13.8. The van der Waals surface area contributed by atoms with Crippen LogP contribution in [0.2, 0.25) is 5.02 Å². The fraction of sp³-hybridized carbons (Fsp3) is 0. The highest BCUT2D eigenvalue weighted by atomic mass is 35.5. The maximum atomic E-state index is 10.5. The summed E-state index contributed by atoms with van der Waals surface area (Å²) in [6.07, 6.45) is 1.65. The molecule has 26 heavy (non-hydrogen) atoms. The third-order valence-corrected chi connectivity index (χ3v) is 4.31. The van der Waals surface area contributed by atoms with Gasteiger partial charge in [-0.05, 0) is 24.3 Å². The number of aliphatic hydroxyl groups excluding tert-OH is 1. The minimum absolute atomic E-state index is 0.144. The molecule has 0 amide bonds. The molecule has 3 nitrogen and oxygen atoms in total. The van der Waals surface area contributed by atoms with E-state index in [1.807, 2.05) is 78.9 Å². The number of hydrogen-bond acceptors (Lipinski definition) is 3. The second-order valence-electron chi connectivity index (χ2n) is 5.85. The molecular weight excluding hydrogens is 344 g/mol. The van der Waals surface area contributed by atoms with Crippen LogP contribution in [0.1, 0.15) is 11.3 Å². The maximum absolute atomic E-state index is 10.5. The van der Waals surface area contributed by atoms with E-state index in [-0.39, 0.29) is 5.76 Å². The number of aliphatic hydroxyl groups is 1. The molecule has 0 unspecified atom stereocenters. The van der Waals surface area contributed by atoms with Crippen LogP contribution in [0.15, 0.2) is 78.9 Å². The van der Waals surface area contributed by atoms with Crippen LogP contribution in [-0.4, -0.2) is 15.1 Å². The van der Waals surface area contributed by atoms with E-state index in [0.29, 0.717) is 16.4 Å². The Kier molecular flexibility index (Phi) is 4.38. The Morgan fingerprint density at radius 1 is 0.769 bits per heavy atom. The van der Waals surface area contributed by atoms with E-state index >= 15 is 0 Å². The smallest absolute Gasteiger partial charge is 0.125 e. The fourth-order valence-electron chi connectivity index (χ4n) is 2.76. The van der Waals surface area contributed by atoms with Crippen molar-refractivity contribution in [2.45, 2.75) is 0 Å². The molecule has 0 aliphatic carbocycles. The van der Waals surface area contributed by atoms with Crippen LogP contribution in [-0.2, 0) is 0 Å². The second kappa shape index (κ2) is 6.98. The monoisotopic (exact) mass is 358 g/mol. The first kappa shape index (κ1) is 16.3. The van der Waals surface area contributed by atoms with Crippen molar-refractivity contribution in [1.82, 2.24) is 9.97 Å². The van der Waals surface area contributed by atoms with Crippen LogP contribution in [0.25, 0.3) is 34.1 Å². The third kappa shape index (κ3) is 3.30. The van der Waals surface area contributed by atoms with E-state index in [1.54, 1.807) is 6.08 Å². The van der Waals surface area contributed by atoms with E-state index in [1.165, 1.54) is 0 Å². The minimum atomic E-state index is 0.144. The lowest BCUT2D eigenvalue weighted by atomic mass is 10.1. The van der Waals surface area contributed by atoms with Crippen LogP contribution >= 0.6 is 11.6 Å². The van der Waals surface area contributed by atoms with Gasteiger partial charge in [-0.3, -0.25) is 0 Å². The van der Waals surface area contributed by atoms with Gasteiger partial charge in [0.15, 0.2) is 0 Å². The number of benzene rings is 3. The van der Waals surface area contributed by atoms with Crippen molar-refractivity contribution in [1.29, 1.82) is 0 Å². The zero-order valence-corrected chi connectivity index (χ0v) is 14.6. The van der Waals surface area contributed by atoms with Crippen LogP contribution in [0.3, 0.4) is 0 Å². The molecule has 0 saturated carbocycles. The number of aromatic nitrogens is 2. The number of hydrogen-bond donors (Lipinski definition) is 1. The molecule has 0 saturated heterocycles. The van der Waals surface area contributed by atoms with Gasteiger partial charge in [-0.15, -0.1) is 0 Å². The van der Waals surface area contributed by atoms with Gasteiger partial charge in [-0.25, -0.2) is 9.97 Å². The molecule has 0 fully saturated rings. The predicted molar refractivity (Wildman–Crippen MR) is 107 cm³/mol. The molecule has 4 heteroatoms. The summed E-state index contributed by atoms with van der Waals surface area (Å²) in [6.45, 7) is 0. The average Bonchev–Trinajstić information content (AvgIpc) is 2.69. The highest BCUT2D eigenvalue weighted by Crippen LogP contribution is 2.27. The number of fused-ring (bicyclic) bond motifs is 1. The Labute approximate surface area is 156 Å². The van der Waals surface area contributed by atoms with Crippen molar-refractivity contribution < 1.29 is 5.11 Å². The first-order chi connectivity index (χ1) is 12.7. The SMILES string of the molecule is O/C(=C\c1nc2ccccc2nc1-c1ccc(Cl)cc1)c1ccccc1. The lowest BCUT2D eigenvalue weighted by molar-refractivity contribution is 0.515. The molecule has 0 aliphatic rings. The van der Waals surface area contributed by atoms with Crippen molar-refractivity contribution >= 4 is 34.5 Å². The van der Waals surface area contributed by atoms with E-state index < -0.39 is 0 Å². The average molecular weight is 359 g/mol. The Morgan fingerprint density at radius 2 is 1.38 bits per heavy atom. The second-order valence-corrected chi connectivity index (χ2v) is 6.29. The fourth-order valence-corrected chi connectivity index (χ4v) is 2.88. The van der Waals surface area contributed by atoms with Crippen molar-refractivity contribution in [3.05, 3.63) is 95.1 Å². The van der Waals surface area contributed by atoms with Crippen LogP contribution in [0, 0.1) is 0 Å². The lowest BCUT2D eigenvalue weighted by Gasteiger charge is -2.09. The molecular formula is C22H15ClN2O. The molecule has 0 spiro atoms. The summed E-state index contributed by atoms with van der Waals surface area (Å²) in [7, 11) is 0. The van der Waals surface area contributed by atoms with Gasteiger partial charge in [-0.2, -0.15) is 0 Å². The molecule has 0 aliphatic heterocycles. The lowest BCUT2D eigenvalue weighted by Crippen LogP contribution is -1.95. The van der Waals surface area contributed by atoms with E-state index in [4.69, 9.17) is 21.6 Å². The normalized spacial score (nSPS) is 11.7. The van der Waals surface area contributed by atoms with Gasteiger partial charge in [0, 0.05) is 22.2 Å². The Morgan fingerprint density at radius 3 is 2.08 bits per heavy atom. The summed E-state index contributed by atoms with van der Waals surface area (Å²) in [5.41, 5.74) is 4.49. The van der Waals surface area contributed by atoms with E-state index in [9.17, 15) is 5.11 Å². The standard InChI is InChI=1S/C22H15ClN2O/c23-17-12-10-16(11-13-17)22-20(14-21(26)15-6-2-1-3-7-15)24-18-8-4-5-9-19(18)25-22/h1-14,26H/b21-14-. The molecule has 0 atom stereocenters. The summed E-state index contributed by atoms with van der Waals surface area (Å²) in [6, 6.07) is 24.5. The van der Waals surface area contributed by atoms with Crippen LogP contribution in [0.4, 0.5) is 0 Å². The Balaban J connectivity index is 1.91. The van der Waals surface area contributed by atoms with E-state index in [0.717, 1.165) is 22.2 Å². The largest absolute Gasteiger partial charge is 0.507 e. The van der Waals surface area contributed by atoms with Crippen LogP contribution < -0.4 is 0 Å². The van der Waals surface area contributed by atoms with Crippen molar-refractivity contribution in [3.8, 4) is 11.3 Å². The number of para-hydroxylation sites is 2. The first-order valence-corrected chi connectivity index (χ1v) is 8.57. The number of halogens is 1. The molecule has 126 valence electrons. The number of rotatable bonds is 3. The summed E-state index contributed by atoms with van der Waals surface area (Å²) in [5, 5.41) is 11.2. The molecule has 4 aromatic rings. The Bertz CT molecular complexity index is 1090. The molecule has 4 rings (SSSR count). The van der Waals surface area contributed by atoms with E-state index in [2.05, 4.69) is 0 Å². The van der Waals surface area contributed by atoms with Gasteiger partial charge < -0.3 is 5.11 Å². The molecule has 1 aromatic heterocycles. The van der Waals surface area contributed by atoms with Gasteiger partial charge in [0.25, 0.3) is 0 Å². The van der Waals surface area contributed by atoms with Crippen molar-refractivity contribution in [2.24, 2.45) is 0 Å².